The Morgan fingerprint density at radius 2 is 1.49 bits per heavy atom. The number of benzene rings is 3. The molecular weight excluding hydrogens is 468 g/mol. The third-order valence-electron chi connectivity index (χ3n) is 5.95. The van der Waals surface area contributed by atoms with Crippen molar-refractivity contribution >= 4 is 15.7 Å². The summed E-state index contributed by atoms with van der Waals surface area (Å²) in [4.78, 5) is 0.167. The van der Waals surface area contributed by atoms with E-state index in [1.807, 2.05) is 19.1 Å². The molecule has 0 fully saturated rings. The third kappa shape index (κ3) is 4.64. The van der Waals surface area contributed by atoms with Crippen LogP contribution in [0.4, 0.5) is 0 Å². The summed E-state index contributed by atoms with van der Waals surface area (Å²) in [6.07, 6.45) is 0.337. The Kier molecular flexibility index (Phi) is 6.88. The van der Waals surface area contributed by atoms with E-state index in [-0.39, 0.29) is 4.90 Å². The van der Waals surface area contributed by atoms with Crippen LogP contribution in [-0.2, 0) is 10.0 Å². The van der Waals surface area contributed by atoms with Gasteiger partial charge in [-0.05, 0) is 48.9 Å². The van der Waals surface area contributed by atoms with Crippen molar-refractivity contribution in [2.75, 3.05) is 28.4 Å². The van der Waals surface area contributed by atoms with E-state index in [4.69, 9.17) is 18.9 Å². The summed E-state index contributed by atoms with van der Waals surface area (Å²) in [6, 6.07) is 16.9. The fraction of sp³-hybridized carbons (Fsp3) is 0.269. The predicted molar refractivity (Wildman–Crippen MR) is 133 cm³/mol. The molecule has 0 unspecified atom stereocenters. The molecule has 0 saturated heterocycles. The zero-order chi connectivity index (χ0) is 25.2. The van der Waals surface area contributed by atoms with Crippen LogP contribution in [0.3, 0.4) is 0 Å². The van der Waals surface area contributed by atoms with E-state index >= 15 is 0 Å². The lowest BCUT2D eigenvalue weighted by atomic mass is 9.98. The first-order valence-corrected chi connectivity index (χ1v) is 12.4. The van der Waals surface area contributed by atoms with E-state index in [1.165, 1.54) is 4.41 Å². The molecule has 184 valence electrons. The van der Waals surface area contributed by atoms with Gasteiger partial charge < -0.3 is 18.9 Å². The number of hydrogen-bond donors (Lipinski definition) is 0. The molecule has 1 aliphatic heterocycles. The summed E-state index contributed by atoms with van der Waals surface area (Å²) in [7, 11) is 2.27. The molecule has 35 heavy (non-hydrogen) atoms. The van der Waals surface area contributed by atoms with Gasteiger partial charge >= 0.3 is 0 Å². The van der Waals surface area contributed by atoms with Gasteiger partial charge in [0.25, 0.3) is 10.0 Å². The van der Waals surface area contributed by atoms with E-state index < -0.39 is 16.1 Å². The quantitative estimate of drug-likeness (QED) is 0.454. The maximum atomic E-state index is 13.8. The molecule has 4 rings (SSSR count). The first-order valence-electron chi connectivity index (χ1n) is 10.9. The molecule has 3 aromatic rings. The number of methoxy groups -OCH3 is 4. The van der Waals surface area contributed by atoms with Crippen molar-refractivity contribution in [2.24, 2.45) is 5.10 Å². The van der Waals surface area contributed by atoms with Gasteiger partial charge in [0.15, 0.2) is 11.5 Å². The van der Waals surface area contributed by atoms with E-state index in [0.29, 0.717) is 40.7 Å². The molecule has 0 radical (unpaired) electrons. The van der Waals surface area contributed by atoms with Crippen LogP contribution in [0.15, 0.2) is 70.7 Å². The van der Waals surface area contributed by atoms with E-state index in [9.17, 15) is 8.42 Å². The van der Waals surface area contributed by atoms with Gasteiger partial charge in [0.1, 0.15) is 11.5 Å². The average Bonchev–Trinajstić information content (AvgIpc) is 3.34. The first-order chi connectivity index (χ1) is 16.8. The highest BCUT2D eigenvalue weighted by molar-refractivity contribution is 7.89. The molecule has 1 atom stereocenters. The number of nitrogens with zero attached hydrogens (tertiary/aromatic N) is 2. The number of hydrogen-bond acceptors (Lipinski definition) is 7. The molecule has 0 aliphatic carbocycles. The molecule has 0 bridgehead atoms. The zero-order valence-electron chi connectivity index (χ0n) is 20.3. The zero-order valence-corrected chi connectivity index (χ0v) is 21.1. The third-order valence-corrected chi connectivity index (χ3v) is 7.65. The summed E-state index contributed by atoms with van der Waals surface area (Å²) < 4.78 is 50.4. The van der Waals surface area contributed by atoms with Crippen molar-refractivity contribution in [1.82, 2.24) is 4.41 Å². The Morgan fingerprint density at radius 1 is 0.800 bits per heavy atom. The smallest absolute Gasteiger partial charge is 0.279 e. The lowest BCUT2D eigenvalue weighted by molar-refractivity contribution is 0.348. The highest BCUT2D eigenvalue weighted by Gasteiger charge is 2.38. The van der Waals surface area contributed by atoms with Crippen LogP contribution in [0.1, 0.15) is 29.2 Å². The largest absolute Gasteiger partial charge is 0.497 e. The van der Waals surface area contributed by atoms with Gasteiger partial charge in [-0.2, -0.15) is 17.9 Å². The molecule has 0 N–H and O–H groups in total. The SMILES string of the molecule is COc1ccc(C2=NN(S(=O)(=O)c3ccc(C)cc3)[C@H](c3ccc(OC)c(OC)c3)C2)c(OC)c1. The number of rotatable bonds is 8. The molecule has 9 heteroatoms. The minimum atomic E-state index is -3.95. The van der Waals surface area contributed by atoms with E-state index in [0.717, 1.165) is 11.1 Å². The Balaban J connectivity index is 1.84. The fourth-order valence-corrected chi connectivity index (χ4v) is 5.47. The summed E-state index contributed by atoms with van der Waals surface area (Å²) in [5, 5.41) is 4.62. The standard InChI is InChI=1S/C26H28N2O6S/c1-17-6-10-20(11-7-17)35(29,30)28-23(18-8-13-24(32-3)26(14-18)34-5)16-22(27-28)21-12-9-19(31-2)15-25(21)33-4/h6-15,23H,16H2,1-5H3/t23-/m0/s1. The molecule has 8 nitrogen and oxygen atoms in total. The Labute approximate surface area is 205 Å². The average molecular weight is 497 g/mol. The second kappa shape index (κ2) is 9.87. The normalized spacial score (nSPS) is 15.5. The molecule has 0 saturated carbocycles. The summed E-state index contributed by atoms with van der Waals surface area (Å²) in [5.74, 6) is 2.24. The highest BCUT2D eigenvalue weighted by Crippen LogP contribution is 2.41. The Bertz CT molecular complexity index is 1350. The summed E-state index contributed by atoms with van der Waals surface area (Å²) in [6.45, 7) is 1.91. The number of aryl methyl sites for hydroxylation is 1. The van der Waals surface area contributed by atoms with Crippen molar-refractivity contribution in [3.05, 3.63) is 77.4 Å². The molecule has 0 amide bonds. The Hall–Kier alpha value is -3.72. The molecule has 1 aliphatic rings. The monoisotopic (exact) mass is 496 g/mol. The van der Waals surface area contributed by atoms with Crippen LogP contribution >= 0.6 is 0 Å². The molecule has 3 aromatic carbocycles. The lowest BCUT2D eigenvalue weighted by Gasteiger charge is -2.24. The topological polar surface area (TPSA) is 86.7 Å². The van der Waals surface area contributed by atoms with Gasteiger partial charge in [-0.25, -0.2) is 0 Å². The van der Waals surface area contributed by atoms with Gasteiger partial charge in [0.2, 0.25) is 0 Å². The number of ether oxygens (including phenoxy) is 4. The van der Waals surface area contributed by atoms with Crippen molar-refractivity contribution < 1.29 is 27.4 Å². The van der Waals surface area contributed by atoms with E-state index in [2.05, 4.69) is 5.10 Å². The molecule has 0 spiro atoms. The minimum Gasteiger partial charge on any atom is -0.497 e. The van der Waals surface area contributed by atoms with Gasteiger partial charge in [0, 0.05) is 18.1 Å². The Morgan fingerprint density at radius 3 is 2.11 bits per heavy atom. The van der Waals surface area contributed by atoms with Crippen LogP contribution in [0.2, 0.25) is 0 Å². The number of sulfonamides is 1. The lowest BCUT2D eigenvalue weighted by Crippen LogP contribution is -2.27. The molecular formula is C26H28N2O6S. The van der Waals surface area contributed by atoms with Crippen LogP contribution < -0.4 is 18.9 Å². The van der Waals surface area contributed by atoms with Crippen molar-refractivity contribution in [3.63, 3.8) is 0 Å². The van der Waals surface area contributed by atoms with Crippen molar-refractivity contribution in [2.45, 2.75) is 24.3 Å². The fourth-order valence-electron chi connectivity index (χ4n) is 4.04. The molecule has 1 heterocycles. The highest BCUT2D eigenvalue weighted by atomic mass is 32.2. The van der Waals surface area contributed by atoms with Gasteiger partial charge in [0.05, 0.1) is 45.1 Å². The second-order valence-corrected chi connectivity index (χ2v) is 9.83. The summed E-state index contributed by atoms with van der Waals surface area (Å²) >= 11 is 0. The minimum absolute atomic E-state index is 0.167. The summed E-state index contributed by atoms with van der Waals surface area (Å²) in [5.41, 5.74) is 2.97. The van der Waals surface area contributed by atoms with E-state index in [1.54, 1.807) is 77.0 Å². The van der Waals surface area contributed by atoms with Crippen LogP contribution in [-0.4, -0.2) is 47.0 Å². The van der Waals surface area contributed by atoms with Gasteiger partial charge in [-0.1, -0.05) is 23.8 Å². The molecule has 0 aromatic heterocycles. The van der Waals surface area contributed by atoms with Gasteiger partial charge in [-0.15, -0.1) is 0 Å². The first kappa shape index (κ1) is 24.4. The van der Waals surface area contributed by atoms with Crippen molar-refractivity contribution in [3.8, 4) is 23.0 Å². The van der Waals surface area contributed by atoms with Crippen molar-refractivity contribution in [1.29, 1.82) is 0 Å². The predicted octanol–water partition coefficient (Wildman–Crippen LogP) is 4.57. The van der Waals surface area contributed by atoms with Crippen LogP contribution in [0.5, 0.6) is 23.0 Å². The maximum Gasteiger partial charge on any atom is 0.279 e. The maximum absolute atomic E-state index is 13.8. The van der Waals surface area contributed by atoms with Crippen LogP contribution in [0.25, 0.3) is 0 Å². The second-order valence-electron chi connectivity index (χ2n) is 8.04. The van der Waals surface area contributed by atoms with Gasteiger partial charge in [-0.3, -0.25) is 0 Å². The van der Waals surface area contributed by atoms with Crippen LogP contribution in [0, 0.1) is 6.92 Å². The number of hydrazone groups is 1.